The Labute approximate surface area is 104 Å². The first-order chi connectivity index (χ1) is 8.07. The number of sulfonamides is 1. The lowest BCUT2D eigenvalue weighted by Crippen LogP contribution is -2.44. The Balaban J connectivity index is 2.13. The summed E-state index contributed by atoms with van der Waals surface area (Å²) in [4.78, 5) is 0. The van der Waals surface area contributed by atoms with Gasteiger partial charge in [-0.15, -0.1) is 0 Å². The fourth-order valence-corrected chi connectivity index (χ4v) is 4.91. The van der Waals surface area contributed by atoms with Gasteiger partial charge < -0.3 is 5.11 Å². The van der Waals surface area contributed by atoms with Gasteiger partial charge in [0.05, 0.1) is 11.9 Å². The Morgan fingerprint density at radius 3 is 2.47 bits per heavy atom. The van der Waals surface area contributed by atoms with E-state index in [1.165, 1.54) is 25.7 Å². The molecular weight excluding hydrogens is 238 g/mol. The van der Waals surface area contributed by atoms with Crippen LogP contribution in [0.1, 0.15) is 45.4 Å². The second-order valence-corrected chi connectivity index (χ2v) is 7.71. The summed E-state index contributed by atoms with van der Waals surface area (Å²) in [7, 11) is -3.29. The monoisotopic (exact) mass is 261 g/mol. The predicted molar refractivity (Wildman–Crippen MR) is 67.2 cm³/mol. The zero-order valence-electron chi connectivity index (χ0n) is 10.5. The fraction of sp³-hybridized carbons (Fsp3) is 1.00. The Hall–Kier alpha value is -0.130. The highest BCUT2D eigenvalue weighted by Gasteiger charge is 2.41. The number of aliphatic hydroxyl groups is 1. The summed E-state index contributed by atoms with van der Waals surface area (Å²) in [6.45, 7) is 1.96. The standard InChI is InChI=1S/C12H23NO3S/c1-10(9-14)17(15,16)13-8-4-7-12(13)11-5-2-3-6-11/h10-12,14H,2-9H2,1H3. The van der Waals surface area contributed by atoms with Gasteiger partial charge in [-0.1, -0.05) is 12.8 Å². The van der Waals surface area contributed by atoms with Crippen molar-refractivity contribution in [2.24, 2.45) is 5.92 Å². The molecule has 1 saturated carbocycles. The zero-order chi connectivity index (χ0) is 12.5. The van der Waals surface area contributed by atoms with E-state index in [0.29, 0.717) is 12.5 Å². The lowest BCUT2D eigenvalue weighted by molar-refractivity contribution is 0.266. The molecule has 2 unspecified atom stereocenters. The molecule has 0 aromatic heterocycles. The maximum atomic E-state index is 12.3. The maximum absolute atomic E-state index is 12.3. The summed E-state index contributed by atoms with van der Waals surface area (Å²) in [5, 5.41) is 8.41. The first-order valence-corrected chi connectivity index (χ1v) is 8.19. The third-order valence-corrected chi connectivity index (χ3v) is 6.56. The topological polar surface area (TPSA) is 57.6 Å². The highest BCUT2D eigenvalue weighted by Crippen LogP contribution is 2.37. The molecule has 5 heteroatoms. The minimum absolute atomic E-state index is 0.205. The van der Waals surface area contributed by atoms with Gasteiger partial charge in [0, 0.05) is 12.6 Å². The van der Waals surface area contributed by atoms with Crippen molar-refractivity contribution >= 4 is 10.0 Å². The van der Waals surface area contributed by atoms with E-state index in [0.717, 1.165) is 12.8 Å². The van der Waals surface area contributed by atoms with Crippen LogP contribution in [-0.4, -0.2) is 42.3 Å². The van der Waals surface area contributed by atoms with E-state index in [1.54, 1.807) is 11.2 Å². The van der Waals surface area contributed by atoms with Gasteiger partial charge in [0.25, 0.3) is 0 Å². The average Bonchev–Trinajstić information content (AvgIpc) is 2.96. The molecule has 4 nitrogen and oxygen atoms in total. The van der Waals surface area contributed by atoms with E-state index in [-0.39, 0.29) is 12.6 Å². The zero-order valence-corrected chi connectivity index (χ0v) is 11.3. The number of nitrogens with zero attached hydrogens (tertiary/aromatic N) is 1. The van der Waals surface area contributed by atoms with Crippen LogP contribution in [0.2, 0.25) is 0 Å². The number of rotatable bonds is 4. The minimum atomic E-state index is -3.29. The van der Waals surface area contributed by atoms with Crippen molar-refractivity contribution in [1.82, 2.24) is 4.31 Å². The number of aliphatic hydroxyl groups excluding tert-OH is 1. The molecule has 0 aromatic carbocycles. The molecule has 0 amide bonds. The molecule has 1 aliphatic carbocycles. The summed E-state index contributed by atoms with van der Waals surface area (Å²) in [6.07, 6.45) is 6.80. The smallest absolute Gasteiger partial charge is 0.219 e. The first kappa shape index (κ1) is 13.3. The highest BCUT2D eigenvalue weighted by molar-refractivity contribution is 7.89. The largest absolute Gasteiger partial charge is 0.395 e. The van der Waals surface area contributed by atoms with Gasteiger partial charge >= 0.3 is 0 Å². The van der Waals surface area contributed by atoms with Crippen molar-refractivity contribution in [3.8, 4) is 0 Å². The van der Waals surface area contributed by atoms with Crippen LogP contribution >= 0.6 is 0 Å². The van der Waals surface area contributed by atoms with Crippen LogP contribution in [0.25, 0.3) is 0 Å². The van der Waals surface area contributed by atoms with Crippen molar-refractivity contribution < 1.29 is 13.5 Å². The summed E-state index contributed by atoms with van der Waals surface area (Å²) in [6, 6.07) is 0.205. The first-order valence-electron chi connectivity index (χ1n) is 6.69. The quantitative estimate of drug-likeness (QED) is 0.831. The molecule has 2 rings (SSSR count). The fourth-order valence-electron chi connectivity index (χ4n) is 3.22. The second kappa shape index (κ2) is 5.24. The van der Waals surface area contributed by atoms with Crippen molar-refractivity contribution in [3.63, 3.8) is 0 Å². The van der Waals surface area contributed by atoms with Gasteiger partial charge in [-0.3, -0.25) is 0 Å². The molecule has 100 valence electrons. The normalized spacial score (nSPS) is 29.9. The van der Waals surface area contributed by atoms with Crippen molar-refractivity contribution in [3.05, 3.63) is 0 Å². The summed E-state index contributed by atoms with van der Waals surface area (Å²) >= 11 is 0. The van der Waals surface area contributed by atoms with Crippen molar-refractivity contribution in [1.29, 1.82) is 0 Å². The SMILES string of the molecule is CC(CO)S(=O)(=O)N1CCCC1C1CCCC1. The third kappa shape index (κ3) is 2.51. The van der Waals surface area contributed by atoms with Crippen LogP contribution in [0.5, 0.6) is 0 Å². The maximum Gasteiger partial charge on any atom is 0.219 e. The van der Waals surface area contributed by atoms with Crippen LogP contribution in [0.15, 0.2) is 0 Å². The molecule has 2 atom stereocenters. The molecule has 2 aliphatic rings. The molecule has 1 N–H and O–H groups in total. The van der Waals surface area contributed by atoms with Gasteiger partial charge in [-0.25, -0.2) is 8.42 Å². The van der Waals surface area contributed by atoms with E-state index < -0.39 is 15.3 Å². The second-order valence-electron chi connectivity index (χ2n) is 5.40. The molecule has 1 heterocycles. The van der Waals surface area contributed by atoms with Crippen LogP contribution in [0.4, 0.5) is 0 Å². The Bertz CT molecular complexity index is 349. The van der Waals surface area contributed by atoms with E-state index in [2.05, 4.69) is 0 Å². The van der Waals surface area contributed by atoms with Crippen LogP contribution in [0, 0.1) is 5.92 Å². The van der Waals surface area contributed by atoms with Crippen LogP contribution in [0.3, 0.4) is 0 Å². The number of hydrogen-bond acceptors (Lipinski definition) is 3. The summed E-state index contributed by atoms with van der Waals surface area (Å²) in [5.41, 5.74) is 0. The molecule has 0 aromatic rings. The lowest BCUT2D eigenvalue weighted by atomic mass is 9.97. The van der Waals surface area contributed by atoms with Gasteiger partial charge in [-0.2, -0.15) is 4.31 Å². The van der Waals surface area contributed by atoms with E-state index in [9.17, 15) is 8.42 Å². The Morgan fingerprint density at radius 2 is 1.88 bits per heavy atom. The molecular formula is C12H23NO3S. The number of hydrogen-bond donors (Lipinski definition) is 1. The molecule has 0 bridgehead atoms. The molecule has 0 radical (unpaired) electrons. The van der Waals surface area contributed by atoms with Gasteiger partial charge in [0.1, 0.15) is 0 Å². The van der Waals surface area contributed by atoms with Crippen LogP contribution < -0.4 is 0 Å². The molecule has 1 saturated heterocycles. The summed E-state index contributed by atoms with van der Waals surface area (Å²) in [5.74, 6) is 0.554. The lowest BCUT2D eigenvalue weighted by Gasteiger charge is -2.30. The van der Waals surface area contributed by atoms with E-state index in [4.69, 9.17) is 5.11 Å². The predicted octanol–water partition coefficient (Wildman–Crippen LogP) is 1.35. The van der Waals surface area contributed by atoms with E-state index >= 15 is 0 Å². The molecule has 17 heavy (non-hydrogen) atoms. The third-order valence-electron chi connectivity index (χ3n) is 4.28. The average molecular weight is 261 g/mol. The van der Waals surface area contributed by atoms with Crippen LogP contribution in [-0.2, 0) is 10.0 Å². The van der Waals surface area contributed by atoms with Crippen molar-refractivity contribution in [2.75, 3.05) is 13.2 Å². The Morgan fingerprint density at radius 1 is 1.24 bits per heavy atom. The molecule has 1 aliphatic heterocycles. The van der Waals surface area contributed by atoms with Gasteiger partial charge in [0.15, 0.2) is 0 Å². The van der Waals surface area contributed by atoms with Crippen molar-refractivity contribution in [2.45, 2.75) is 56.7 Å². The van der Waals surface area contributed by atoms with E-state index in [1.807, 2.05) is 0 Å². The summed E-state index contributed by atoms with van der Waals surface area (Å²) < 4.78 is 26.3. The Kier molecular flexibility index (Phi) is 4.10. The minimum Gasteiger partial charge on any atom is -0.395 e. The van der Waals surface area contributed by atoms with Gasteiger partial charge in [0.2, 0.25) is 10.0 Å². The highest BCUT2D eigenvalue weighted by atomic mass is 32.2. The van der Waals surface area contributed by atoms with Gasteiger partial charge in [-0.05, 0) is 38.5 Å². The molecule has 0 spiro atoms. The molecule has 2 fully saturated rings.